The van der Waals surface area contributed by atoms with Crippen LogP contribution in [0.5, 0.6) is 0 Å². The standard InChI is InChI=1S/C14H17NO2S/c16-13(17)11-7-18-15-12(11)14-4-8-1-9(5-14)3-10(2-8)6-14/h7-10H,1-6H2,(H,16,17). The number of carboxylic acid groups (broad SMARTS) is 1. The molecular formula is C14H17NO2S. The SMILES string of the molecule is O=C(O)c1csnc1C12CC3CC(CC(C3)C1)C2. The lowest BCUT2D eigenvalue weighted by Crippen LogP contribution is -2.49. The molecule has 3 nitrogen and oxygen atoms in total. The van der Waals surface area contributed by atoms with Crippen LogP contribution in [-0.2, 0) is 5.41 Å². The van der Waals surface area contributed by atoms with E-state index in [1.54, 1.807) is 5.38 Å². The molecule has 1 N–H and O–H groups in total. The summed E-state index contributed by atoms with van der Waals surface area (Å²) in [6, 6.07) is 0. The first-order valence-electron chi connectivity index (χ1n) is 6.84. The molecule has 4 fully saturated rings. The number of rotatable bonds is 2. The average molecular weight is 263 g/mol. The van der Waals surface area contributed by atoms with Crippen LogP contribution in [0.4, 0.5) is 0 Å². The van der Waals surface area contributed by atoms with Crippen molar-refractivity contribution in [1.29, 1.82) is 0 Å². The smallest absolute Gasteiger partial charge is 0.338 e. The largest absolute Gasteiger partial charge is 0.478 e. The first-order chi connectivity index (χ1) is 8.66. The Bertz CT molecular complexity index is 472. The van der Waals surface area contributed by atoms with Crippen molar-refractivity contribution in [3.63, 3.8) is 0 Å². The number of nitrogens with zero attached hydrogens (tertiary/aromatic N) is 1. The Balaban J connectivity index is 1.79. The second-order valence-electron chi connectivity index (χ2n) is 6.58. The lowest BCUT2D eigenvalue weighted by Gasteiger charge is -2.56. The minimum absolute atomic E-state index is 0.114. The Morgan fingerprint density at radius 3 is 2.28 bits per heavy atom. The number of hydrogen-bond acceptors (Lipinski definition) is 3. The van der Waals surface area contributed by atoms with E-state index in [0.29, 0.717) is 5.56 Å². The van der Waals surface area contributed by atoms with Gasteiger partial charge in [0.25, 0.3) is 0 Å². The third kappa shape index (κ3) is 1.41. The van der Waals surface area contributed by atoms with Crippen molar-refractivity contribution in [2.45, 2.75) is 43.9 Å². The van der Waals surface area contributed by atoms with E-state index < -0.39 is 5.97 Å². The second-order valence-corrected chi connectivity index (χ2v) is 7.21. The van der Waals surface area contributed by atoms with Gasteiger partial charge in [-0.05, 0) is 67.8 Å². The Hall–Kier alpha value is -0.900. The zero-order valence-electron chi connectivity index (χ0n) is 10.3. The molecule has 4 heteroatoms. The molecule has 4 aliphatic rings. The normalized spacial score (nSPS) is 41.2. The first-order valence-corrected chi connectivity index (χ1v) is 7.68. The van der Waals surface area contributed by atoms with E-state index in [9.17, 15) is 9.90 Å². The highest BCUT2D eigenvalue weighted by molar-refractivity contribution is 7.04. The second kappa shape index (κ2) is 3.56. The summed E-state index contributed by atoms with van der Waals surface area (Å²) in [6.45, 7) is 0. The van der Waals surface area contributed by atoms with Crippen molar-refractivity contribution >= 4 is 17.5 Å². The zero-order valence-corrected chi connectivity index (χ0v) is 11.1. The summed E-state index contributed by atoms with van der Waals surface area (Å²) >= 11 is 1.31. The molecule has 4 saturated carbocycles. The minimum Gasteiger partial charge on any atom is -0.478 e. The summed E-state index contributed by atoms with van der Waals surface area (Å²) < 4.78 is 4.49. The lowest BCUT2D eigenvalue weighted by atomic mass is 9.48. The number of aromatic carboxylic acids is 1. The van der Waals surface area contributed by atoms with Gasteiger partial charge in [0.05, 0.1) is 11.3 Å². The van der Waals surface area contributed by atoms with Gasteiger partial charge < -0.3 is 5.11 Å². The lowest BCUT2D eigenvalue weighted by molar-refractivity contribution is -0.00740. The molecule has 4 aliphatic carbocycles. The van der Waals surface area contributed by atoms with Crippen molar-refractivity contribution < 1.29 is 9.90 Å². The van der Waals surface area contributed by atoms with Crippen molar-refractivity contribution in [3.05, 3.63) is 16.6 Å². The fourth-order valence-corrected chi connectivity index (χ4v) is 5.94. The average Bonchev–Trinajstić information content (AvgIpc) is 2.76. The Labute approximate surface area is 110 Å². The summed E-state index contributed by atoms with van der Waals surface area (Å²) in [5, 5.41) is 11.0. The molecule has 0 unspecified atom stereocenters. The number of aromatic nitrogens is 1. The van der Waals surface area contributed by atoms with Crippen LogP contribution in [-0.4, -0.2) is 15.4 Å². The van der Waals surface area contributed by atoms with Crippen LogP contribution in [0, 0.1) is 17.8 Å². The van der Waals surface area contributed by atoms with Crippen LogP contribution in [0.2, 0.25) is 0 Å². The highest BCUT2D eigenvalue weighted by Crippen LogP contribution is 2.60. The molecule has 0 aliphatic heterocycles. The van der Waals surface area contributed by atoms with E-state index in [2.05, 4.69) is 4.37 Å². The van der Waals surface area contributed by atoms with Crippen molar-refractivity contribution in [1.82, 2.24) is 4.37 Å². The van der Waals surface area contributed by atoms with Crippen LogP contribution in [0.25, 0.3) is 0 Å². The van der Waals surface area contributed by atoms with Crippen LogP contribution in [0.3, 0.4) is 0 Å². The van der Waals surface area contributed by atoms with Gasteiger partial charge >= 0.3 is 5.97 Å². The summed E-state index contributed by atoms with van der Waals surface area (Å²) in [4.78, 5) is 11.3. The Morgan fingerprint density at radius 2 is 1.78 bits per heavy atom. The van der Waals surface area contributed by atoms with Crippen LogP contribution in [0.15, 0.2) is 5.38 Å². The maximum atomic E-state index is 11.3. The topological polar surface area (TPSA) is 50.2 Å². The van der Waals surface area contributed by atoms with Crippen LogP contribution in [0.1, 0.15) is 54.6 Å². The first kappa shape index (κ1) is 11.0. The molecule has 96 valence electrons. The summed E-state index contributed by atoms with van der Waals surface area (Å²) in [5.74, 6) is 1.70. The van der Waals surface area contributed by atoms with Gasteiger partial charge in [0.1, 0.15) is 0 Å². The maximum Gasteiger partial charge on any atom is 0.338 e. The number of carbonyl (C=O) groups is 1. The van der Waals surface area contributed by atoms with Crippen molar-refractivity contribution in [3.8, 4) is 0 Å². The molecule has 18 heavy (non-hydrogen) atoms. The quantitative estimate of drug-likeness (QED) is 0.890. The third-order valence-electron chi connectivity index (χ3n) is 5.34. The Morgan fingerprint density at radius 1 is 1.22 bits per heavy atom. The predicted octanol–water partition coefficient (Wildman–Crippen LogP) is 3.31. The van der Waals surface area contributed by atoms with Gasteiger partial charge in [-0.3, -0.25) is 0 Å². The summed E-state index contributed by atoms with van der Waals surface area (Å²) in [7, 11) is 0. The predicted molar refractivity (Wildman–Crippen MR) is 68.9 cm³/mol. The maximum absolute atomic E-state index is 11.3. The molecule has 0 saturated heterocycles. The van der Waals surface area contributed by atoms with Gasteiger partial charge in [0, 0.05) is 10.8 Å². The minimum atomic E-state index is -0.797. The van der Waals surface area contributed by atoms with Crippen LogP contribution >= 0.6 is 11.5 Å². The van der Waals surface area contributed by atoms with Crippen LogP contribution < -0.4 is 0 Å². The molecule has 0 radical (unpaired) electrons. The summed E-state index contributed by atoms with van der Waals surface area (Å²) in [5.41, 5.74) is 1.50. The molecular weight excluding hydrogens is 246 g/mol. The van der Waals surface area contributed by atoms with Gasteiger partial charge in [0.2, 0.25) is 0 Å². The molecule has 0 amide bonds. The highest BCUT2D eigenvalue weighted by atomic mass is 32.1. The van der Waals surface area contributed by atoms with Gasteiger partial charge in [0.15, 0.2) is 0 Å². The fourth-order valence-electron chi connectivity index (χ4n) is 5.17. The molecule has 0 spiro atoms. The molecule has 1 heterocycles. The molecule has 1 aromatic rings. The van der Waals surface area contributed by atoms with E-state index in [4.69, 9.17) is 0 Å². The third-order valence-corrected chi connectivity index (χ3v) is 5.97. The van der Waals surface area contributed by atoms with Gasteiger partial charge in [-0.1, -0.05) is 0 Å². The molecule has 0 aromatic carbocycles. The number of carboxylic acids is 1. The summed E-state index contributed by atoms with van der Waals surface area (Å²) in [6.07, 6.45) is 7.69. The molecule has 4 bridgehead atoms. The van der Waals surface area contributed by atoms with Gasteiger partial charge in [-0.2, -0.15) is 4.37 Å². The van der Waals surface area contributed by atoms with E-state index in [1.165, 1.54) is 50.1 Å². The Kier molecular flexibility index (Phi) is 2.17. The molecule has 0 atom stereocenters. The van der Waals surface area contributed by atoms with Crippen molar-refractivity contribution in [2.24, 2.45) is 17.8 Å². The van der Waals surface area contributed by atoms with Gasteiger partial charge in [-0.15, -0.1) is 0 Å². The van der Waals surface area contributed by atoms with Gasteiger partial charge in [-0.25, -0.2) is 4.79 Å². The molecule has 1 aromatic heterocycles. The fraction of sp³-hybridized carbons (Fsp3) is 0.714. The van der Waals surface area contributed by atoms with E-state index in [0.717, 1.165) is 23.4 Å². The van der Waals surface area contributed by atoms with E-state index >= 15 is 0 Å². The highest BCUT2D eigenvalue weighted by Gasteiger charge is 2.53. The van der Waals surface area contributed by atoms with Crippen molar-refractivity contribution in [2.75, 3.05) is 0 Å². The molecule has 5 rings (SSSR count). The van der Waals surface area contributed by atoms with E-state index in [-0.39, 0.29) is 5.41 Å². The zero-order chi connectivity index (χ0) is 12.3. The number of hydrogen-bond donors (Lipinski definition) is 1. The van der Waals surface area contributed by atoms with E-state index in [1.807, 2.05) is 0 Å². The monoisotopic (exact) mass is 263 g/mol.